The molecule has 0 spiro atoms. The molecule has 0 aliphatic carbocycles. The lowest BCUT2D eigenvalue weighted by Gasteiger charge is -1.88. The number of hydrogen-bond donors (Lipinski definition) is 0. The highest BCUT2D eigenvalue weighted by atomic mass is 13.7. The van der Waals surface area contributed by atoms with Crippen molar-refractivity contribution in [3.8, 4) is 0 Å². The summed E-state index contributed by atoms with van der Waals surface area (Å²) in [5.74, 6) is -0.0370. The third-order valence-electron chi connectivity index (χ3n) is 0.544. The molecule has 0 saturated carbocycles. The maximum absolute atomic E-state index is 5.24. The fraction of sp³-hybridized carbons (Fsp3) is 0.200. The first-order valence-corrected chi connectivity index (χ1v) is 1.82. The van der Waals surface area contributed by atoms with E-state index in [1.165, 1.54) is 0 Å². The molecule has 0 bridgehead atoms. The largest absolute Gasteiger partial charge is 0.103 e. The molecular formula is C5H7B. The van der Waals surface area contributed by atoms with Gasteiger partial charge in [-0.2, -0.15) is 0 Å². The molecule has 1 heteroatoms. The Morgan fingerprint density at radius 3 is 1.67 bits per heavy atom. The van der Waals surface area contributed by atoms with Crippen LogP contribution in [0.25, 0.3) is 0 Å². The minimum Gasteiger partial charge on any atom is -0.103 e. The quantitative estimate of drug-likeness (QED) is 0.345. The van der Waals surface area contributed by atoms with Gasteiger partial charge in [0.15, 0.2) is 0 Å². The Hall–Kier alpha value is -0.455. The zero-order valence-corrected chi connectivity index (χ0v) is 3.72. The Morgan fingerprint density at radius 2 is 1.67 bits per heavy atom. The van der Waals surface area contributed by atoms with Crippen molar-refractivity contribution in [3.05, 3.63) is 25.3 Å². The standard InChI is InChI=1S/C5H7B/c1-3-5(6)4-2/h3-5H,1-2H2. The fourth-order valence-electron chi connectivity index (χ4n) is 0.0962. The van der Waals surface area contributed by atoms with E-state index in [0.717, 1.165) is 0 Å². The van der Waals surface area contributed by atoms with Crippen molar-refractivity contribution in [2.75, 3.05) is 0 Å². The summed E-state index contributed by atoms with van der Waals surface area (Å²) in [6.07, 6.45) is 3.26. The average molecular weight is 77.9 g/mol. The molecule has 0 nitrogen and oxygen atoms in total. The monoisotopic (exact) mass is 78.1 g/mol. The van der Waals surface area contributed by atoms with Gasteiger partial charge in [0.25, 0.3) is 0 Å². The molecule has 0 unspecified atom stereocenters. The number of allylic oxidation sites excluding steroid dienone is 2. The Bertz CT molecular complexity index is 49.0. The van der Waals surface area contributed by atoms with E-state index < -0.39 is 0 Å². The molecule has 0 rings (SSSR count). The van der Waals surface area contributed by atoms with Crippen molar-refractivity contribution >= 4 is 7.85 Å². The van der Waals surface area contributed by atoms with Crippen LogP contribution in [0.4, 0.5) is 0 Å². The van der Waals surface area contributed by atoms with Crippen LogP contribution in [0, 0.1) is 0 Å². The van der Waals surface area contributed by atoms with E-state index >= 15 is 0 Å². The van der Waals surface area contributed by atoms with Crippen molar-refractivity contribution in [1.82, 2.24) is 0 Å². The van der Waals surface area contributed by atoms with E-state index in [0.29, 0.717) is 0 Å². The van der Waals surface area contributed by atoms with Crippen LogP contribution in [0.3, 0.4) is 0 Å². The van der Waals surface area contributed by atoms with Crippen LogP contribution in [0.5, 0.6) is 0 Å². The molecule has 0 aromatic carbocycles. The lowest BCUT2D eigenvalue weighted by atomic mass is 9.88. The molecule has 0 aromatic heterocycles. The van der Waals surface area contributed by atoms with Crippen LogP contribution in [0.1, 0.15) is 0 Å². The Labute approximate surface area is 40.0 Å². The fourth-order valence-corrected chi connectivity index (χ4v) is 0.0962. The van der Waals surface area contributed by atoms with Gasteiger partial charge in [0, 0.05) is 0 Å². The number of hydrogen-bond acceptors (Lipinski definition) is 0. The molecule has 0 N–H and O–H groups in total. The van der Waals surface area contributed by atoms with Gasteiger partial charge in [-0.15, -0.1) is 13.2 Å². The summed E-state index contributed by atoms with van der Waals surface area (Å²) in [4.78, 5) is 0. The van der Waals surface area contributed by atoms with E-state index in [1.54, 1.807) is 12.2 Å². The van der Waals surface area contributed by atoms with E-state index in [1.807, 2.05) is 0 Å². The summed E-state index contributed by atoms with van der Waals surface area (Å²) in [5.41, 5.74) is 0. The first kappa shape index (κ1) is 5.54. The summed E-state index contributed by atoms with van der Waals surface area (Å²) >= 11 is 0. The van der Waals surface area contributed by atoms with Gasteiger partial charge < -0.3 is 0 Å². The molecule has 30 valence electrons. The Balaban J connectivity index is 3.21. The van der Waals surface area contributed by atoms with Gasteiger partial charge in [-0.25, -0.2) is 0 Å². The van der Waals surface area contributed by atoms with Crippen LogP contribution in [0.15, 0.2) is 25.3 Å². The van der Waals surface area contributed by atoms with Gasteiger partial charge in [0.05, 0.1) is 7.85 Å². The molecule has 0 aliphatic heterocycles. The molecule has 6 heavy (non-hydrogen) atoms. The molecular weight excluding hydrogens is 70.9 g/mol. The number of rotatable bonds is 2. The van der Waals surface area contributed by atoms with Gasteiger partial charge in [-0.1, -0.05) is 12.2 Å². The van der Waals surface area contributed by atoms with Crippen molar-refractivity contribution in [1.29, 1.82) is 0 Å². The van der Waals surface area contributed by atoms with Gasteiger partial charge in [0.2, 0.25) is 0 Å². The zero-order chi connectivity index (χ0) is 4.99. The van der Waals surface area contributed by atoms with Crippen LogP contribution < -0.4 is 0 Å². The van der Waals surface area contributed by atoms with Crippen LogP contribution in [-0.2, 0) is 0 Å². The van der Waals surface area contributed by atoms with E-state index in [4.69, 9.17) is 7.85 Å². The molecule has 0 saturated heterocycles. The van der Waals surface area contributed by atoms with Gasteiger partial charge >= 0.3 is 0 Å². The highest BCUT2D eigenvalue weighted by Gasteiger charge is 1.79. The highest BCUT2D eigenvalue weighted by Crippen LogP contribution is 1.96. The zero-order valence-electron chi connectivity index (χ0n) is 3.72. The van der Waals surface area contributed by atoms with Crippen molar-refractivity contribution in [2.24, 2.45) is 0 Å². The second kappa shape index (κ2) is 2.76. The summed E-state index contributed by atoms with van der Waals surface area (Å²) < 4.78 is 0. The Kier molecular flexibility index (Phi) is 2.56. The van der Waals surface area contributed by atoms with E-state index in [9.17, 15) is 0 Å². The first-order valence-electron chi connectivity index (χ1n) is 1.82. The topological polar surface area (TPSA) is 0 Å². The van der Waals surface area contributed by atoms with Crippen molar-refractivity contribution in [2.45, 2.75) is 5.82 Å². The third kappa shape index (κ3) is 1.83. The van der Waals surface area contributed by atoms with Gasteiger partial charge in [-0.3, -0.25) is 0 Å². The predicted octanol–water partition coefficient (Wildman–Crippen LogP) is 1.32. The van der Waals surface area contributed by atoms with Gasteiger partial charge in [0.1, 0.15) is 0 Å². The van der Waals surface area contributed by atoms with Crippen molar-refractivity contribution < 1.29 is 0 Å². The summed E-state index contributed by atoms with van der Waals surface area (Å²) in [7, 11) is 5.24. The molecule has 0 aliphatic rings. The summed E-state index contributed by atoms with van der Waals surface area (Å²) in [6.45, 7) is 6.87. The maximum Gasteiger partial charge on any atom is 0.0810 e. The molecule has 2 radical (unpaired) electrons. The van der Waals surface area contributed by atoms with E-state index in [-0.39, 0.29) is 5.82 Å². The van der Waals surface area contributed by atoms with E-state index in [2.05, 4.69) is 13.2 Å². The predicted molar refractivity (Wildman–Crippen MR) is 29.9 cm³/mol. The Morgan fingerprint density at radius 1 is 1.33 bits per heavy atom. The van der Waals surface area contributed by atoms with Crippen LogP contribution >= 0.6 is 0 Å². The summed E-state index contributed by atoms with van der Waals surface area (Å²) in [5, 5.41) is 0. The molecule has 0 fully saturated rings. The molecule has 0 heterocycles. The second-order valence-corrected chi connectivity index (χ2v) is 1.05. The lowest BCUT2D eigenvalue weighted by molar-refractivity contribution is 1.40. The van der Waals surface area contributed by atoms with Crippen LogP contribution in [0.2, 0.25) is 5.82 Å². The van der Waals surface area contributed by atoms with Crippen molar-refractivity contribution in [3.63, 3.8) is 0 Å². The minimum atomic E-state index is -0.0370. The first-order chi connectivity index (χ1) is 2.81. The molecule has 0 atom stereocenters. The molecule has 0 amide bonds. The molecule has 0 aromatic rings. The lowest BCUT2D eigenvalue weighted by Crippen LogP contribution is -1.74. The highest BCUT2D eigenvalue weighted by molar-refractivity contribution is 6.14. The normalized spacial score (nSPS) is 8.17. The second-order valence-electron chi connectivity index (χ2n) is 1.05. The van der Waals surface area contributed by atoms with Crippen LogP contribution in [-0.4, -0.2) is 7.85 Å². The van der Waals surface area contributed by atoms with Gasteiger partial charge in [-0.05, 0) is 5.82 Å². The maximum atomic E-state index is 5.24. The SMILES string of the molecule is [B]C(C=C)C=C. The third-order valence-corrected chi connectivity index (χ3v) is 0.544. The average Bonchev–Trinajstić information content (AvgIpc) is 1.65. The minimum absolute atomic E-state index is 0.0370. The summed E-state index contributed by atoms with van der Waals surface area (Å²) in [6, 6.07) is 0. The smallest absolute Gasteiger partial charge is 0.0810 e.